The molecule has 0 radical (unpaired) electrons. The molecule has 5 rings (SSSR count). The van der Waals surface area contributed by atoms with Crippen molar-refractivity contribution in [2.45, 2.75) is 50.3 Å². The number of ether oxygens (including phenoxy) is 1. The number of nitriles is 2. The van der Waals surface area contributed by atoms with Gasteiger partial charge in [0.15, 0.2) is 0 Å². The SMILES string of the molecule is N#Cc1ccc(C(c2ccc(OC3CCCC3)nc2)N2CC[C@@H](NC(=O)c3ccc(C#N)nc3)C2)cc1. The van der Waals surface area contributed by atoms with E-state index in [1.165, 1.54) is 19.0 Å². The summed E-state index contributed by atoms with van der Waals surface area (Å²) >= 11 is 0. The van der Waals surface area contributed by atoms with Crippen LogP contribution in [-0.2, 0) is 0 Å². The smallest absolute Gasteiger partial charge is 0.253 e. The van der Waals surface area contributed by atoms with Gasteiger partial charge in [0.1, 0.15) is 17.9 Å². The molecule has 1 saturated carbocycles. The lowest BCUT2D eigenvalue weighted by atomic mass is 9.97. The fourth-order valence-corrected chi connectivity index (χ4v) is 5.16. The molecular formula is C29H28N6O2. The Morgan fingerprint density at radius 2 is 1.73 bits per heavy atom. The first-order valence-corrected chi connectivity index (χ1v) is 12.7. The molecule has 2 aliphatic rings. The molecule has 1 aromatic carbocycles. The van der Waals surface area contributed by atoms with Crippen LogP contribution in [0, 0.1) is 22.7 Å². The minimum atomic E-state index is -0.200. The number of hydrogen-bond donors (Lipinski definition) is 1. The van der Waals surface area contributed by atoms with E-state index in [1.54, 1.807) is 12.1 Å². The Morgan fingerprint density at radius 1 is 0.946 bits per heavy atom. The standard InChI is InChI=1S/C29H28N6O2/c30-15-20-5-7-21(8-6-20)28(22-10-12-27(33-17-22)37-26-3-1-2-4-26)35-14-13-25(19-35)34-29(36)23-9-11-24(16-31)32-18-23/h5-12,17-18,25-26,28H,1-4,13-14,19H2,(H,34,36)/t25-,28?/m1/s1. The second-order valence-electron chi connectivity index (χ2n) is 9.59. The molecule has 1 amide bonds. The predicted octanol–water partition coefficient (Wildman–Crippen LogP) is 4.14. The van der Waals surface area contributed by atoms with Crippen LogP contribution in [0.5, 0.6) is 5.88 Å². The van der Waals surface area contributed by atoms with Gasteiger partial charge in [0.25, 0.3) is 5.91 Å². The summed E-state index contributed by atoms with van der Waals surface area (Å²) in [5.41, 5.74) is 3.43. The summed E-state index contributed by atoms with van der Waals surface area (Å²) in [4.78, 5) is 23.7. The third-order valence-corrected chi connectivity index (χ3v) is 7.08. The summed E-state index contributed by atoms with van der Waals surface area (Å²) < 4.78 is 6.06. The largest absolute Gasteiger partial charge is 0.474 e. The van der Waals surface area contributed by atoms with Gasteiger partial charge in [0, 0.05) is 37.6 Å². The van der Waals surface area contributed by atoms with Crippen LogP contribution >= 0.6 is 0 Å². The maximum Gasteiger partial charge on any atom is 0.253 e. The first-order chi connectivity index (χ1) is 18.1. The molecule has 0 bridgehead atoms. The van der Waals surface area contributed by atoms with Gasteiger partial charge in [0.05, 0.1) is 23.2 Å². The van der Waals surface area contributed by atoms with Crippen LogP contribution in [0.15, 0.2) is 60.9 Å². The van der Waals surface area contributed by atoms with E-state index in [0.29, 0.717) is 23.6 Å². The van der Waals surface area contributed by atoms with Crippen molar-refractivity contribution in [2.75, 3.05) is 13.1 Å². The normalized spacial score (nSPS) is 18.6. The first kappa shape index (κ1) is 24.4. The first-order valence-electron chi connectivity index (χ1n) is 12.7. The summed E-state index contributed by atoms with van der Waals surface area (Å²) in [5.74, 6) is 0.450. The van der Waals surface area contributed by atoms with Gasteiger partial charge < -0.3 is 10.1 Å². The van der Waals surface area contributed by atoms with Crippen LogP contribution in [0.1, 0.15) is 70.9 Å². The van der Waals surface area contributed by atoms with Gasteiger partial charge in [-0.2, -0.15) is 10.5 Å². The molecule has 3 heterocycles. The maximum atomic E-state index is 12.8. The van der Waals surface area contributed by atoms with Crippen molar-refractivity contribution in [3.63, 3.8) is 0 Å². The average molecular weight is 493 g/mol. The number of benzene rings is 1. The molecule has 1 unspecified atom stereocenters. The highest BCUT2D eigenvalue weighted by atomic mass is 16.5. The van der Waals surface area contributed by atoms with Crippen LogP contribution < -0.4 is 10.1 Å². The number of carbonyl (C=O) groups is 1. The molecule has 2 fully saturated rings. The summed E-state index contributed by atoms with van der Waals surface area (Å²) in [7, 11) is 0. The molecule has 186 valence electrons. The maximum absolute atomic E-state index is 12.8. The van der Waals surface area contributed by atoms with E-state index < -0.39 is 0 Å². The summed E-state index contributed by atoms with van der Waals surface area (Å²) in [6.45, 7) is 1.46. The molecule has 37 heavy (non-hydrogen) atoms. The number of hydrogen-bond acceptors (Lipinski definition) is 7. The average Bonchev–Trinajstić information content (AvgIpc) is 3.63. The molecule has 1 saturated heterocycles. The molecule has 1 N–H and O–H groups in total. The van der Waals surface area contributed by atoms with Crippen molar-refractivity contribution in [3.8, 4) is 18.0 Å². The lowest BCUT2D eigenvalue weighted by molar-refractivity contribution is 0.0936. The third kappa shape index (κ3) is 5.77. The van der Waals surface area contributed by atoms with Gasteiger partial charge >= 0.3 is 0 Å². The van der Waals surface area contributed by atoms with E-state index in [2.05, 4.69) is 32.3 Å². The van der Waals surface area contributed by atoms with E-state index in [9.17, 15) is 10.1 Å². The molecule has 0 spiro atoms. The zero-order chi connectivity index (χ0) is 25.6. The second kappa shape index (κ2) is 11.2. The van der Waals surface area contributed by atoms with Gasteiger partial charge in [-0.05, 0) is 67.5 Å². The van der Waals surface area contributed by atoms with Crippen LogP contribution in [0.3, 0.4) is 0 Å². The van der Waals surface area contributed by atoms with E-state index in [4.69, 9.17) is 10.00 Å². The van der Waals surface area contributed by atoms with Gasteiger partial charge in [-0.25, -0.2) is 9.97 Å². The molecule has 2 atom stereocenters. The molecule has 8 heteroatoms. The predicted molar refractivity (Wildman–Crippen MR) is 137 cm³/mol. The van der Waals surface area contributed by atoms with Gasteiger partial charge in [-0.1, -0.05) is 18.2 Å². The minimum Gasteiger partial charge on any atom is -0.474 e. The Bertz CT molecular complexity index is 1300. The summed E-state index contributed by atoms with van der Waals surface area (Å²) in [5, 5.41) is 21.3. The van der Waals surface area contributed by atoms with Crippen LogP contribution in [0.2, 0.25) is 0 Å². The monoisotopic (exact) mass is 492 g/mol. The number of rotatable bonds is 7. The van der Waals surface area contributed by atoms with E-state index in [0.717, 1.165) is 36.9 Å². The number of aromatic nitrogens is 2. The van der Waals surface area contributed by atoms with Crippen molar-refractivity contribution in [1.82, 2.24) is 20.2 Å². The Hall–Kier alpha value is -4.27. The number of carbonyl (C=O) groups excluding carboxylic acids is 1. The Balaban J connectivity index is 1.32. The van der Waals surface area contributed by atoms with Gasteiger partial charge in [-0.3, -0.25) is 9.69 Å². The number of nitrogens with one attached hydrogen (secondary N) is 1. The van der Waals surface area contributed by atoms with Crippen molar-refractivity contribution in [1.29, 1.82) is 10.5 Å². The minimum absolute atomic E-state index is 0.0260. The van der Waals surface area contributed by atoms with Crippen molar-refractivity contribution in [3.05, 3.63) is 88.9 Å². The molecule has 8 nitrogen and oxygen atoms in total. The van der Waals surface area contributed by atoms with E-state index in [1.807, 2.05) is 42.6 Å². The summed E-state index contributed by atoms with van der Waals surface area (Å²) in [6, 6.07) is 18.9. The second-order valence-corrected chi connectivity index (χ2v) is 9.59. The molecule has 1 aliphatic carbocycles. The third-order valence-electron chi connectivity index (χ3n) is 7.08. The van der Waals surface area contributed by atoms with Crippen molar-refractivity contribution >= 4 is 5.91 Å². The van der Waals surface area contributed by atoms with E-state index >= 15 is 0 Å². The Morgan fingerprint density at radius 3 is 2.38 bits per heavy atom. The van der Waals surface area contributed by atoms with Crippen LogP contribution in [0.4, 0.5) is 0 Å². The fourth-order valence-electron chi connectivity index (χ4n) is 5.16. The fraction of sp³-hybridized carbons (Fsp3) is 0.345. The molecular weight excluding hydrogens is 464 g/mol. The van der Waals surface area contributed by atoms with E-state index in [-0.39, 0.29) is 29.8 Å². The zero-order valence-corrected chi connectivity index (χ0v) is 20.5. The van der Waals surface area contributed by atoms with Crippen molar-refractivity contribution < 1.29 is 9.53 Å². The Kier molecular flexibility index (Phi) is 7.39. The van der Waals surface area contributed by atoms with Gasteiger partial charge in [0.2, 0.25) is 5.88 Å². The highest BCUT2D eigenvalue weighted by Gasteiger charge is 2.31. The van der Waals surface area contributed by atoms with Crippen LogP contribution in [0.25, 0.3) is 0 Å². The van der Waals surface area contributed by atoms with Gasteiger partial charge in [-0.15, -0.1) is 0 Å². The highest BCUT2D eigenvalue weighted by molar-refractivity contribution is 5.94. The number of amides is 1. The molecule has 1 aliphatic heterocycles. The number of likely N-dealkylation sites (tertiary alicyclic amines) is 1. The topological polar surface area (TPSA) is 115 Å². The molecule has 3 aromatic rings. The molecule has 2 aromatic heterocycles. The number of pyridine rings is 2. The Labute approximate surface area is 216 Å². The lowest BCUT2D eigenvalue weighted by Crippen LogP contribution is -2.38. The lowest BCUT2D eigenvalue weighted by Gasteiger charge is -2.29. The quantitative estimate of drug-likeness (QED) is 0.527. The number of nitrogens with zero attached hydrogens (tertiary/aromatic N) is 5. The van der Waals surface area contributed by atoms with Crippen LogP contribution in [-0.4, -0.2) is 46.0 Å². The highest BCUT2D eigenvalue weighted by Crippen LogP contribution is 2.33. The summed E-state index contributed by atoms with van der Waals surface area (Å²) in [6.07, 6.45) is 8.94. The van der Waals surface area contributed by atoms with Crippen molar-refractivity contribution in [2.24, 2.45) is 0 Å². The zero-order valence-electron chi connectivity index (χ0n) is 20.5.